The molecule has 2 aromatic heterocycles. The molecule has 4 rings (SSSR count). The molecule has 1 aliphatic heterocycles. The maximum Gasteiger partial charge on any atom is 0.258 e. The zero-order valence-electron chi connectivity index (χ0n) is 11.5. The molecule has 0 amide bonds. The molecule has 3 heterocycles. The van der Waals surface area contributed by atoms with Crippen molar-refractivity contribution < 1.29 is 14.0 Å². The maximum absolute atomic E-state index is 5.50. The predicted octanol–water partition coefficient (Wildman–Crippen LogP) is 2.24. The van der Waals surface area contributed by atoms with E-state index in [1.54, 1.807) is 18.6 Å². The Balaban J connectivity index is 1.65. The molecule has 0 bridgehead atoms. The highest BCUT2D eigenvalue weighted by Gasteiger charge is 2.19. The highest BCUT2D eigenvalue weighted by molar-refractivity contribution is 5.57. The number of benzene rings is 1. The molecule has 22 heavy (non-hydrogen) atoms. The standard InChI is InChI=1S/C15H12N4O3/c1-2-10(8-11(3-1)15-20-6-7-21-15)14-18-13(19-22-14)12-9-16-4-5-17-12/h1-5,8-9,15H,6-7H2. The molecule has 0 saturated carbocycles. The van der Waals surface area contributed by atoms with Crippen LogP contribution < -0.4 is 0 Å². The van der Waals surface area contributed by atoms with Gasteiger partial charge in [0.15, 0.2) is 6.29 Å². The van der Waals surface area contributed by atoms with Gasteiger partial charge in [0.05, 0.1) is 19.4 Å². The van der Waals surface area contributed by atoms with Crippen molar-refractivity contribution in [1.82, 2.24) is 20.1 Å². The lowest BCUT2D eigenvalue weighted by molar-refractivity contribution is -0.0440. The lowest BCUT2D eigenvalue weighted by atomic mass is 10.1. The fourth-order valence-corrected chi connectivity index (χ4v) is 2.23. The van der Waals surface area contributed by atoms with E-state index in [4.69, 9.17) is 14.0 Å². The quantitative estimate of drug-likeness (QED) is 0.732. The Hall–Kier alpha value is -2.64. The van der Waals surface area contributed by atoms with Crippen LogP contribution in [0.4, 0.5) is 0 Å². The van der Waals surface area contributed by atoms with Gasteiger partial charge < -0.3 is 14.0 Å². The monoisotopic (exact) mass is 296 g/mol. The van der Waals surface area contributed by atoms with Crippen LogP contribution in [-0.2, 0) is 9.47 Å². The van der Waals surface area contributed by atoms with E-state index in [9.17, 15) is 0 Å². The molecule has 1 aliphatic rings. The van der Waals surface area contributed by atoms with Crippen LogP contribution in [0.2, 0.25) is 0 Å². The van der Waals surface area contributed by atoms with E-state index < -0.39 is 0 Å². The van der Waals surface area contributed by atoms with E-state index in [2.05, 4.69) is 20.1 Å². The minimum Gasteiger partial charge on any atom is -0.346 e. The van der Waals surface area contributed by atoms with Crippen molar-refractivity contribution in [2.45, 2.75) is 6.29 Å². The summed E-state index contributed by atoms with van der Waals surface area (Å²) in [6, 6.07) is 7.66. The number of nitrogens with zero attached hydrogens (tertiary/aromatic N) is 4. The van der Waals surface area contributed by atoms with E-state index in [-0.39, 0.29) is 6.29 Å². The number of ether oxygens (including phenoxy) is 2. The second-order valence-corrected chi connectivity index (χ2v) is 4.71. The molecule has 0 aliphatic carbocycles. The topological polar surface area (TPSA) is 83.2 Å². The number of hydrogen-bond acceptors (Lipinski definition) is 7. The third kappa shape index (κ3) is 2.47. The van der Waals surface area contributed by atoms with Crippen LogP contribution in [-0.4, -0.2) is 33.3 Å². The smallest absolute Gasteiger partial charge is 0.258 e. The molecule has 0 unspecified atom stereocenters. The minimum atomic E-state index is -0.331. The maximum atomic E-state index is 5.50. The summed E-state index contributed by atoms with van der Waals surface area (Å²) in [6.07, 6.45) is 4.43. The van der Waals surface area contributed by atoms with Gasteiger partial charge in [-0.1, -0.05) is 17.3 Å². The van der Waals surface area contributed by atoms with Crippen molar-refractivity contribution >= 4 is 0 Å². The first-order chi connectivity index (χ1) is 10.9. The summed E-state index contributed by atoms with van der Waals surface area (Å²) in [6.45, 7) is 1.21. The van der Waals surface area contributed by atoms with Crippen molar-refractivity contribution in [3.63, 3.8) is 0 Å². The second-order valence-electron chi connectivity index (χ2n) is 4.71. The second kappa shape index (κ2) is 5.63. The Morgan fingerprint density at radius 3 is 2.82 bits per heavy atom. The Bertz CT molecular complexity index is 769. The molecule has 1 fully saturated rings. The minimum absolute atomic E-state index is 0.331. The molecule has 0 N–H and O–H groups in total. The molecule has 0 spiro atoms. The van der Waals surface area contributed by atoms with Crippen molar-refractivity contribution in [2.75, 3.05) is 13.2 Å². The van der Waals surface area contributed by atoms with Crippen molar-refractivity contribution in [3.8, 4) is 23.0 Å². The zero-order valence-corrected chi connectivity index (χ0v) is 11.5. The first-order valence-electron chi connectivity index (χ1n) is 6.84. The SMILES string of the molecule is c1cc(-c2nc(-c3cnccn3)no2)cc(C2OCCO2)c1. The highest BCUT2D eigenvalue weighted by Crippen LogP contribution is 2.27. The van der Waals surface area contributed by atoms with Gasteiger partial charge in [-0.3, -0.25) is 4.98 Å². The number of rotatable bonds is 3. The summed E-state index contributed by atoms with van der Waals surface area (Å²) < 4.78 is 16.3. The third-order valence-electron chi connectivity index (χ3n) is 3.25. The van der Waals surface area contributed by atoms with Gasteiger partial charge in [0, 0.05) is 23.5 Å². The Kier molecular flexibility index (Phi) is 3.34. The van der Waals surface area contributed by atoms with Crippen molar-refractivity contribution in [2.24, 2.45) is 0 Å². The molecule has 7 heteroatoms. The fraction of sp³-hybridized carbons (Fsp3) is 0.200. The van der Waals surface area contributed by atoms with E-state index in [1.165, 1.54) is 0 Å². The third-order valence-corrected chi connectivity index (χ3v) is 3.25. The van der Waals surface area contributed by atoms with Crippen molar-refractivity contribution in [1.29, 1.82) is 0 Å². The van der Waals surface area contributed by atoms with Crippen LogP contribution in [0.25, 0.3) is 23.0 Å². The van der Waals surface area contributed by atoms with Crippen LogP contribution in [0.15, 0.2) is 47.4 Å². The fourth-order valence-electron chi connectivity index (χ4n) is 2.23. The lowest BCUT2D eigenvalue weighted by Gasteiger charge is -2.09. The van der Waals surface area contributed by atoms with Crippen LogP contribution in [0, 0.1) is 0 Å². The summed E-state index contributed by atoms with van der Waals surface area (Å²) in [4.78, 5) is 12.5. The molecular formula is C15H12N4O3. The normalized spacial score (nSPS) is 15.3. The Labute approximate surface area is 125 Å². The summed E-state index contributed by atoms with van der Waals surface area (Å²) in [5.41, 5.74) is 2.30. The molecule has 0 atom stereocenters. The van der Waals surface area contributed by atoms with Crippen LogP contribution in [0.1, 0.15) is 11.9 Å². The molecule has 1 aromatic carbocycles. The molecule has 7 nitrogen and oxygen atoms in total. The summed E-state index contributed by atoms with van der Waals surface area (Å²) in [7, 11) is 0. The van der Waals surface area contributed by atoms with Crippen LogP contribution >= 0.6 is 0 Å². The first-order valence-corrected chi connectivity index (χ1v) is 6.84. The zero-order chi connectivity index (χ0) is 14.8. The van der Waals surface area contributed by atoms with Gasteiger partial charge in [-0.05, 0) is 12.1 Å². The number of aromatic nitrogens is 4. The first kappa shape index (κ1) is 13.1. The Morgan fingerprint density at radius 1 is 1.09 bits per heavy atom. The van der Waals surface area contributed by atoms with Gasteiger partial charge in [-0.25, -0.2) is 4.98 Å². The average Bonchev–Trinajstić information content (AvgIpc) is 3.28. The molecular weight excluding hydrogens is 284 g/mol. The molecule has 1 saturated heterocycles. The lowest BCUT2D eigenvalue weighted by Crippen LogP contribution is -1.97. The average molecular weight is 296 g/mol. The van der Waals surface area contributed by atoms with Gasteiger partial charge in [0.2, 0.25) is 5.82 Å². The largest absolute Gasteiger partial charge is 0.346 e. The van der Waals surface area contributed by atoms with Gasteiger partial charge in [-0.2, -0.15) is 4.98 Å². The Morgan fingerprint density at radius 2 is 2.00 bits per heavy atom. The van der Waals surface area contributed by atoms with Crippen molar-refractivity contribution in [3.05, 3.63) is 48.4 Å². The van der Waals surface area contributed by atoms with E-state index in [0.717, 1.165) is 11.1 Å². The highest BCUT2D eigenvalue weighted by atomic mass is 16.7. The van der Waals surface area contributed by atoms with Gasteiger partial charge in [-0.15, -0.1) is 0 Å². The molecule has 3 aromatic rings. The van der Waals surface area contributed by atoms with Crippen LogP contribution in [0.3, 0.4) is 0 Å². The summed E-state index contributed by atoms with van der Waals surface area (Å²) in [5, 5.41) is 3.94. The van der Waals surface area contributed by atoms with Gasteiger partial charge in [0.25, 0.3) is 5.89 Å². The number of hydrogen-bond donors (Lipinski definition) is 0. The van der Waals surface area contributed by atoms with E-state index in [0.29, 0.717) is 30.6 Å². The van der Waals surface area contributed by atoms with Gasteiger partial charge in [0.1, 0.15) is 5.69 Å². The molecule has 110 valence electrons. The summed E-state index contributed by atoms with van der Waals surface area (Å²) in [5.74, 6) is 0.822. The predicted molar refractivity (Wildman–Crippen MR) is 75.4 cm³/mol. The van der Waals surface area contributed by atoms with E-state index >= 15 is 0 Å². The molecule has 0 radical (unpaired) electrons. The summed E-state index contributed by atoms with van der Waals surface area (Å²) >= 11 is 0. The van der Waals surface area contributed by atoms with E-state index in [1.807, 2.05) is 24.3 Å². The van der Waals surface area contributed by atoms with Crippen LogP contribution in [0.5, 0.6) is 0 Å². The van der Waals surface area contributed by atoms with Gasteiger partial charge >= 0.3 is 0 Å².